The van der Waals surface area contributed by atoms with Crippen molar-refractivity contribution in [3.05, 3.63) is 64.7 Å². The molecule has 5 nitrogen and oxygen atoms in total. The van der Waals surface area contributed by atoms with E-state index in [0.29, 0.717) is 17.7 Å². The average Bonchev–Trinajstić information content (AvgIpc) is 2.69. The van der Waals surface area contributed by atoms with Crippen LogP contribution in [0.3, 0.4) is 0 Å². The molecule has 0 aliphatic rings. The van der Waals surface area contributed by atoms with Crippen molar-refractivity contribution in [3.8, 4) is 5.75 Å². The van der Waals surface area contributed by atoms with Gasteiger partial charge in [0.25, 0.3) is 5.91 Å². The standard InChI is InChI=1S/C20H21F3N2O3S/c1-28-16-8-5-13(10-17(29-2)18(24)26)9-15(16)19(27)25-11-12-3-6-14(7-4-12)20(21,22)23/h3-9,17H,10-11H2,1-2H3,(H2,24,26)(H,25,27). The molecular formula is C20H21F3N2O3S. The molecule has 3 N–H and O–H groups in total. The van der Waals surface area contributed by atoms with Gasteiger partial charge in [-0.25, -0.2) is 0 Å². The van der Waals surface area contributed by atoms with Crippen molar-refractivity contribution >= 4 is 23.6 Å². The maximum atomic E-state index is 12.6. The van der Waals surface area contributed by atoms with Gasteiger partial charge in [0.05, 0.1) is 23.5 Å². The summed E-state index contributed by atoms with van der Waals surface area (Å²) in [6.45, 7) is 0.0546. The van der Waals surface area contributed by atoms with E-state index in [-0.39, 0.29) is 12.1 Å². The molecule has 0 aromatic heterocycles. The number of carbonyl (C=O) groups is 2. The molecule has 0 aliphatic carbocycles. The smallest absolute Gasteiger partial charge is 0.416 e. The zero-order valence-electron chi connectivity index (χ0n) is 15.9. The lowest BCUT2D eigenvalue weighted by Crippen LogP contribution is -2.28. The number of rotatable bonds is 8. The lowest BCUT2D eigenvalue weighted by Gasteiger charge is -2.14. The Balaban J connectivity index is 2.12. The van der Waals surface area contributed by atoms with Gasteiger partial charge in [0, 0.05) is 6.54 Å². The molecule has 0 heterocycles. The molecule has 2 amide bonds. The molecule has 2 aromatic rings. The van der Waals surface area contributed by atoms with Crippen molar-refractivity contribution in [2.75, 3.05) is 13.4 Å². The number of ether oxygens (including phenoxy) is 1. The van der Waals surface area contributed by atoms with Crippen LogP contribution in [0, 0.1) is 0 Å². The predicted octanol–water partition coefficient (Wildman–Crippen LogP) is 3.40. The second-order valence-corrected chi connectivity index (χ2v) is 7.28. The highest BCUT2D eigenvalue weighted by molar-refractivity contribution is 7.99. The Hall–Kier alpha value is -2.68. The van der Waals surface area contributed by atoms with Crippen LogP contribution in [0.25, 0.3) is 0 Å². The van der Waals surface area contributed by atoms with Gasteiger partial charge in [-0.15, -0.1) is 0 Å². The van der Waals surface area contributed by atoms with E-state index in [2.05, 4.69) is 5.32 Å². The number of thioether (sulfide) groups is 1. The molecule has 1 atom stereocenters. The van der Waals surface area contributed by atoms with Crippen LogP contribution in [0.2, 0.25) is 0 Å². The highest BCUT2D eigenvalue weighted by Crippen LogP contribution is 2.29. The van der Waals surface area contributed by atoms with Gasteiger partial charge in [0.1, 0.15) is 5.75 Å². The number of hydrogen-bond donors (Lipinski definition) is 2. The number of nitrogens with one attached hydrogen (secondary N) is 1. The third-order valence-electron chi connectivity index (χ3n) is 4.27. The molecule has 156 valence electrons. The summed E-state index contributed by atoms with van der Waals surface area (Å²) in [5.41, 5.74) is 6.14. The van der Waals surface area contributed by atoms with Crippen molar-refractivity contribution in [1.82, 2.24) is 5.32 Å². The van der Waals surface area contributed by atoms with Crippen molar-refractivity contribution in [1.29, 1.82) is 0 Å². The summed E-state index contributed by atoms with van der Waals surface area (Å²) in [6.07, 6.45) is -2.27. The molecule has 1 unspecified atom stereocenters. The number of methoxy groups -OCH3 is 1. The molecule has 0 aliphatic heterocycles. The first-order valence-corrected chi connectivity index (χ1v) is 9.88. The lowest BCUT2D eigenvalue weighted by atomic mass is 10.0. The number of nitrogens with two attached hydrogens (primary N) is 1. The highest BCUT2D eigenvalue weighted by atomic mass is 32.2. The highest BCUT2D eigenvalue weighted by Gasteiger charge is 2.29. The van der Waals surface area contributed by atoms with E-state index in [1.165, 1.54) is 31.0 Å². The molecular weight excluding hydrogens is 405 g/mol. The van der Waals surface area contributed by atoms with E-state index in [4.69, 9.17) is 10.5 Å². The van der Waals surface area contributed by atoms with Gasteiger partial charge in [0.2, 0.25) is 5.91 Å². The molecule has 0 radical (unpaired) electrons. The second-order valence-electron chi connectivity index (χ2n) is 6.24. The van der Waals surface area contributed by atoms with Crippen LogP contribution < -0.4 is 15.8 Å². The number of primary amides is 1. The number of halogens is 3. The molecule has 0 spiro atoms. The Bertz CT molecular complexity index is 870. The van der Waals surface area contributed by atoms with Gasteiger partial charge in [-0.05, 0) is 48.1 Å². The zero-order chi connectivity index (χ0) is 21.6. The SMILES string of the molecule is COc1ccc(CC(SC)C(N)=O)cc1C(=O)NCc1ccc(C(F)(F)F)cc1. The fraction of sp³-hybridized carbons (Fsp3) is 0.300. The quantitative estimate of drug-likeness (QED) is 0.678. The Kier molecular flexibility index (Phi) is 7.55. The molecule has 9 heteroatoms. The Morgan fingerprint density at radius 2 is 1.76 bits per heavy atom. The van der Waals surface area contributed by atoms with E-state index >= 15 is 0 Å². The summed E-state index contributed by atoms with van der Waals surface area (Å²) in [5, 5.41) is 2.24. The van der Waals surface area contributed by atoms with Crippen molar-refractivity contribution in [2.45, 2.75) is 24.4 Å². The molecule has 0 fully saturated rings. The minimum Gasteiger partial charge on any atom is -0.496 e. The van der Waals surface area contributed by atoms with Crippen LogP contribution in [0.15, 0.2) is 42.5 Å². The van der Waals surface area contributed by atoms with Gasteiger partial charge in [0.15, 0.2) is 0 Å². The predicted molar refractivity (Wildman–Crippen MR) is 106 cm³/mol. The first kappa shape index (κ1) is 22.6. The van der Waals surface area contributed by atoms with Crippen LogP contribution in [0.1, 0.15) is 27.0 Å². The Morgan fingerprint density at radius 3 is 2.28 bits per heavy atom. The first-order valence-electron chi connectivity index (χ1n) is 8.59. The maximum absolute atomic E-state index is 12.6. The molecule has 0 saturated heterocycles. The number of benzene rings is 2. The largest absolute Gasteiger partial charge is 0.496 e. The Morgan fingerprint density at radius 1 is 1.14 bits per heavy atom. The third kappa shape index (κ3) is 6.15. The number of amides is 2. The normalized spacial score (nSPS) is 12.3. The lowest BCUT2D eigenvalue weighted by molar-refractivity contribution is -0.137. The minimum atomic E-state index is -4.41. The van der Waals surface area contributed by atoms with Gasteiger partial charge in [-0.2, -0.15) is 24.9 Å². The summed E-state index contributed by atoms with van der Waals surface area (Å²) in [7, 11) is 1.43. The van der Waals surface area contributed by atoms with E-state index < -0.39 is 28.8 Å². The summed E-state index contributed by atoms with van der Waals surface area (Å²) in [5.74, 6) is -0.538. The molecule has 0 saturated carbocycles. The summed E-state index contributed by atoms with van der Waals surface area (Å²) < 4.78 is 43.1. The van der Waals surface area contributed by atoms with Crippen LogP contribution >= 0.6 is 11.8 Å². The van der Waals surface area contributed by atoms with Gasteiger partial charge in [-0.3, -0.25) is 9.59 Å². The molecule has 2 aromatic carbocycles. The Labute approximate surface area is 170 Å². The summed E-state index contributed by atoms with van der Waals surface area (Å²) in [4.78, 5) is 24.0. The molecule has 29 heavy (non-hydrogen) atoms. The number of hydrogen-bond acceptors (Lipinski definition) is 4. The summed E-state index contributed by atoms with van der Waals surface area (Å²) in [6, 6.07) is 9.55. The fourth-order valence-corrected chi connectivity index (χ4v) is 3.25. The van der Waals surface area contributed by atoms with Gasteiger partial charge in [-0.1, -0.05) is 18.2 Å². The van der Waals surface area contributed by atoms with Gasteiger partial charge < -0.3 is 15.8 Å². The zero-order valence-corrected chi connectivity index (χ0v) is 16.7. The van der Waals surface area contributed by atoms with Crippen LogP contribution in [-0.2, 0) is 23.9 Å². The van der Waals surface area contributed by atoms with Crippen LogP contribution in [0.4, 0.5) is 13.2 Å². The number of carbonyl (C=O) groups excluding carboxylic acids is 2. The monoisotopic (exact) mass is 426 g/mol. The second kappa shape index (κ2) is 9.69. The van der Waals surface area contributed by atoms with Gasteiger partial charge >= 0.3 is 6.18 Å². The third-order valence-corrected chi connectivity index (χ3v) is 5.23. The molecule has 0 bridgehead atoms. The van der Waals surface area contributed by atoms with Crippen LogP contribution in [-0.4, -0.2) is 30.4 Å². The van der Waals surface area contributed by atoms with Crippen molar-refractivity contribution < 1.29 is 27.5 Å². The first-order chi connectivity index (χ1) is 13.7. The van der Waals surface area contributed by atoms with Crippen LogP contribution in [0.5, 0.6) is 5.75 Å². The minimum absolute atomic E-state index is 0.0546. The van der Waals surface area contributed by atoms with E-state index in [1.54, 1.807) is 24.5 Å². The fourth-order valence-electron chi connectivity index (χ4n) is 2.66. The van der Waals surface area contributed by atoms with Crippen molar-refractivity contribution in [3.63, 3.8) is 0 Å². The topological polar surface area (TPSA) is 81.4 Å². The average molecular weight is 426 g/mol. The maximum Gasteiger partial charge on any atom is 0.416 e. The van der Waals surface area contributed by atoms with E-state index in [0.717, 1.165) is 17.7 Å². The van der Waals surface area contributed by atoms with E-state index in [9.17, 15) is 22.8 Å². The van der Waals surface area contributed by atoms with Crippen molar-refractivity contribution in [2.24, 2.45) is 5.73 Å². The number of alkyl halides is 3. The molecule has 2 rings (SSSR count). The van der Waals surface area contributed by atoms with E-state index in [1.807, 2.05) is 0 Å². The summed E-state index contributed by atoms with van der Waals surface area (Å²) >= 11 is 1.32.